The summed E-state index contributed by atoms with van der Waals surface area (Å²) >= 11 is 0. The molecular weight excluding hydrogens is 298 g/mol. The van der Waals surface area contributed by atoms with Gasteiger partial charge in [0.25, 0.3) is 0 Å². The minimum atomic E-state index is 0.509. The van der Waals surface area contributed by atoms with Crippen LogP contribution in [0.4, 0.5) is 5.69 Å². The van der Waals surface area contributed by atoms with Gasteiger partial charge in [-0.15, -0.1) is 0 Å². The van der Waals surface area contributed by atoms with Gasteiger partial charge in [0.1, 0.15) is 0 Å². The molecule has 2 aliphatic heterocycles. The van der Waals surface area contributed by atoms with E-state index in [9.17, 15) is 0 Å². The molecule has 2 aromatic heterocycles. The number of piperidine rings is 1. The zero-order chi connectivity index (χ0) is 15.9. The van der Waals surface area contributed by atoms with Gasteiger partial charge in [-0.1, -0.05) is 6.42 Å². The van der Waals surface area contributed by atoms with Gasteiger partial charge in [-0.2, -0.15) is 5.10 Å². The number of likely N-dealkylation sites (tertiary alicyclic amines) is 1. The lowest BCUT2D eigenvalue weighted by Crippen LogP contribution is -2.45. The topological polar surface area (TPSA) is 36.7 Å². The van der Waals surface area contributed by atoms with Gasteiger partial charge in [0.2, 0.25) is 0 Å². The van der Waals surface area contributed by atoms with E-state index in [4.69, 9.17) is 10.1 Å². The molecule has 0 bridgehead atoms. The summed E-state index contributed by atoms with van der Waals surface area (Å²) in [6.45, 7) is 4.77. The van der Waals surface area contributed by atoms with Crippen molar-refractivity contribution in [2.75, 3.05) is 31.1 Å². The SMILES string of the molecule is c1cc2nc([C@@H]3CCCN(C4CCC4)C3)nn2cc1N1CCCC1. The van der Waals surface area contributed by atoms with Crippen molar-refractivity contribution < 1.29 is 0 Å². The quantitative estimate of drug-likeness (QED) is 0.869. The number of nitrogens with zero attached hydrogens (tertiary/aromatic N) is 5. The third-order valence-electron chi connectivity index (χ3n) is 6.21. The fourth-order valence-electron chi connectivity index (χ4n) is 4.53. The van der Waals surface area contributed by atoms with Crippen LogP contribution in [0.2, 0.25) is 0 Å². The summed E-state index contributed by atoms with van der Waals surface area (Å²) in [6, 6.07) is 5.18. The predicted octanol–water partition coefficient (Wildman–Crippen LogP) is 3.06. The molecule has 4 heterocycles. The van der Waals surface area contributed by atoms with Crippen LogP contribution in [-0.4, -0.2) is 51.7 Å². The van der Waals surface area contributed by atoms with Crippen LogP contribution in [0.5, 0.6) is 0 Å². The van der Waals surface area contributed by atoms with Crippen molar-refractivity contribution in [2.45, 2.75) is 56.9 Å². The number of pyridine rings is 1. The Balaban J connectivity index is 1.38. The first kappa shape index (κ1) is 14.7. The molecule has 0 spiro atoms. The van der Waals surface area contributed by atoms with Crippen LogP contribution < -0.4 is 4.90 Å². The fourth-order valence-corrected chi connectivity index (χ4v) is 4.53. The Kier molecular flexibility index (Phi) is 3.69. The van der Waals surface area contributed by atoms with Crippen LogP contribution in [0.15, 0.2) is 18.3 Å². The van der Waals surface area contributed by atoms with Crippen LogP contribution in [0, 0.1) is 0 Å². The van der Waals surface area contributed by atoms with E-state index in [2.05, 4.69) is 28.1 Å². The number of hydrogen-bond acceptors (Lipinski definition) is 4. The average Bonchev–Trinajstić information content (AvgIpc) is 3.22. The second-order valence-corrected chi connectivity index (χ2v) is 7.77. The lowest BCUT2D eigenvalue weighted by molar-refractivity contribution is 0.0929. The molecule has 5 rings (SSSR count). The Morgan fingerprint density at radius 3 is 2.58 bits per heavy atom. The number of aromatic nitrogens is 3. The highest BCUT2D eigenvalue weighted by atomic mass is 15.3. The first-order valence-corrected chi connectivity index (χ1v) is 9.72. The van der Waals surface area contributed by atoms with Gasteiger partial charge in [-0.05, 0) is 57.2 Å². The molecule has 0 unspecified atom stereocenters. The fraction of sp³-hybridized carbons (Fsp3) is 0.684. The molecule has 3 fully saturated rings. The summed E-state index contributed by atoms with van der Waals surface area (Å²) < 4.78 is 2.01. The lowest BCUT2D eigenvalue weighted by Gasteiger charge is -2.41. The summed E-state index contributed by atoms with van der Waals surface area (Å²) in [4.78, 5) is 10.00. The van der Waals surface area contributed by atoms with Crippen molar-refractivity contribution in [1.29, 1.82) is 0 Å². The first-order valence-electron chi connectivity index (χ1n) is 9.72. The van der Waals surface area contributed by atoms with Crippen molar-refractivity contribution >= 4 is 11.3 Å². The van der Waals surface area contributed by atoms with Crippen LogP contribution in [-0.2, 0) is 0 Å². The highest BCUT2D eigenvalue weighted by molar-refractivity contribution is 5.51. The van der Waals surface area contributed by atoms with E-state index >= 15 is 0 Å². The van der Waals surface area contributed by atoms with Crippen LogP contribution in [0.3, 0.4) is 0 Å². The number of rotatable bonds is 3. The van der Waals surface area contributed by atoms with Crippen LogP contribution >= 0.6 is 0 Å². The molecule has 0 aromatic carbocycles. The van der Waals surface area contributed by atoms with Crippen molar-refractivity contribution in [1.82, 2.24) is 19.5 Å². The van der Waals surface area contributed by atoms with Gasteiger partial charge >= 0.3 is 0 Å². The standard InChI is InChI=1S/C19H27N5/c1-2-11-22(10-1)17-8-9-18-20-19(21-24(18)14-17)15-5-4-12-23(13-15)16-6-3-7-16/h8-9,14-16H,1-7,10-13H2/t15-/m1/s1. The van der Waals surface area contributed by atoms with E-state index in [0.717, 1.165) is 24.1 Å². The molecule has 1 atom stereocenters. The highest BCUT2D eigenvalue weighted by Crippen LogP contribution is 2.32. The summed E-state index contributed by atoms with van der Waals surface area (Å²) in [5, 5.41) is 4.86. The van der Waals surface area contributed by atoms with E-state index < -0.39 is 0 Å². The molecule has 1 saturated carbocycles. The van der Waals surface area contributed by atoms with Crippen molar-refractivity contribution in [3.63, 3.8) is 0 Å². The smallest absolute Gasteiger partial charge is 0.156 e. The summed E-state index contributed by atoms with van der Waals surface area (Å²) in [5.74, 6) is 1.56. The molecule has 0 radical (unpaired) electrons. The molecular formula is C19H27N5. The van der Waals surface area contributed by atoms with E-state index in [1.54, 1.807) is 0 Å². The molecule has 2 saturated heterocycles. The predicted molar refractivity (Wildman–Crippen MR) is 95.6 cm³/mol. The largest absolute Gasteiger partial charge is 0.370 e. The number of fused-ring (bicyclic) bond motifs is 1. The van der Waals surface area contributed by atoms with E-state index in [-0.39, 0.29) is 0 Å². The van der Waals surface area contributed by atoms with Crippen molar-refractivity contribution in [3.8, 4) is 0 Å². The van der Waals surface area contributed by atoms with Gasteiger partial charge in [0.15, 0.2) is 11.5 Å². The Hall–Kier alpha value is -1.62. The average molecular weight is 325 g/mol. The monoisotopic (exact) mass is 325 g/mol. The molecule has 2 aromatic rings. The second-order valence-electron chi connectivity index (χ2n) is 7.77. The van der Waals surface area contributed by atoms with Crippen molar-refractivity contribution in [2.24, 2.45) is 0 Å². The summed E-state index contributed by atoms with van der Waals surface area (Å²) in [5.41, 5.74) is 2.28. The lowest BCUT2D eigenvalue weighted by atomic mass is 9.87. The van der Waals surface area contributed by atoms with Crippen LogP contribution in [0.1, 0.15) is 56.7 Å². The highest BCUT2D eigenvalue weighted by Gasteiger charge is 2.31. The molecule has 128 valence electrons. The van der Waals surface area contributed by atoms with Crippen molar-refractivity contribution in [3.05, 3.63) is 24.2 Å². The molecule has 24 heavy (non-hydrogen) atoms. The Bertz CT molecular complexity index is 714. The Labute approximate surface area is 143 Å². The second kappa shape index (κ2) is 6.03. The molecule has 5 nitrogen and oxygen atoms in total. The molecule has 3 aliphatic rings. The number of anilines is 1. The first-order chi connectivity index (χ1) is 11.9. The van der Waals surface area contributed by atoms with E-state index in [0.29, 0.717) is 5.92 Å². The molecule has 0 amide bonds. The Morgan fingerprint density at radius 2 is 1.79 bits per heavy atom. The third kappa shape index (κ3) is 2.59. The van der Waals surface area contributed by atoms with Gasteiger partial charge in [0.05, 0.1) is 11.9 Å². The maximum atomic E-state index is 4.86. The van der Waals surface area contributed by atoms with Crippen LogP contribution in [0.25, 0.3) is 5.65 Å². The van der Waals surface area contributed by atoms with E-state index in [1.165, 1.54) is 70.3 Å². The Morgan fingerprint density at radius 1 is 0.917 bits per heavy atom. The summed E-state index contributed by atoms with van der Waals surface area (Å²) in [6.07, 6.45) is 11.5. The van der Waals surface area contributed by atoms with Gasteiger partial charge in [-0.3, -0.25) is 4.90 Å². The molecule has 5 heteroatoms. The third-order valence-corrected chi connectivity index (χ3v) is 6.21. The zero-order valence-electron chi connectivity index (χ0n) is 14.4. The normalized spacial score (nSPS) is 26.2. The maximum absolute atomic E-state index is 4.86. The zero-order valence-corrected chi connectivity index (χ0v) is 14.4. The van der Waals surface area contributed by atoms with Gasteiger partial charge in [-0.25, -0.2) is 9.50 Å². The number of hydrogen-bond donors (Lipinski definition) is 0. The minimum Gasteiger partial charge on any atom is -0.370 e. The minimum absolute atomic E-state index is 0.509. The van der Waals surface area contributed by atoms with E-state index in [1.807, 2.05) is 4.52 Å². The van der Waals surface area contributed by atoms with Gasteiger partial charge < -0.3 is 4.90 Å². The summed E-state index contributed by atoms with van der Waals surface area (Å²) in [7, 11) is 0. The maximum Gasteiger partial charge on any atom is 0.156 e. The van der Waals surface area contributed by atoms with Gasteiger partial charge in [0, 0.05) is 31.6 Å². The molecule has 1 aliphatic carbocycles. The molecule has 0 N–H and O–H groups in total.